The fraction of sp³-hybridized carbons (Fsp3) is 0.143. The van der Waals surface area contributed by atoms with E-state index >= 15 is 0 Å². The van der Waals surface area contributed by atoms with Gasteiger partial charge in [-0.1, -0.05) is 58.4 Å². The number of hydrogen-bond acceptors (Lipinski definition) is 6. The zero-order valence-corrected chi connectivity index (χ0v) is 22.1. The van der Waals surface area contributed by atoms with E-state index in [1.165, 1.54) is 41.4 Å². The first-order chi connectivity index (χ1) is 18.9. The number of amides is 3. The molecule has 3 amide bonds. The van der Waals surface area contributed by atoms with E-state index in [4.69, 9.17) is 9.47 Å². The van der Waals surface area contributed by atoms with Crippen LogP contribution in [0.2, 0.25) is 0 Å². The molecule has 0 fully saturated rings. The number of benzene rings is 3. The first-order valence-electron chi connectivity index (χ1n) is 11.9. The van der Waals surface area contributed by atoms with Crippen molar-refractivity contribution in [3.8, 4) is 0 Å². The minimum absolute atomic E-state index is 0.0957. The summed E-state index contributed by atoms with van der Waals surface area (Å²) >= 11 is 3.22. The van der Waals surface area contributed by atoms with Crippen molar-refractivity contribution in [3.63, 3.8) is 0 Å². The fourth-order valence-electron chi connectivity index (χ4n) is 3.66. The van der Waals surface area contributed by atoms with Crippen molar-refractivity contribution in [3.05, 3.63) is 103 Å². The maximum Gasteiger partial charge on any atom is 0.416 e. The summed E-state index contributed by atoms with van der Waals surface area (Å²) in [6.07, 6.45) is -1.12. The Morgan fingerprint density at radius 1 is 0.949 bits per heavy atom. The number of fused-ring (bicyclic) bond motifs is 1. The molecule has 4 rings (SSSR count). The van der Waals surface area contributed by atoms with Gasteiger partial charge in [0.1, 0.15) is 18.1 Å². The number of pyridine rings is 1. The molecule has 2 N–H and O–H groups in total. The Kier molecular flexibility index (Phi) is 9.41. The van der Waals surface area contributed by atoms with E-state index in [1.54, 1.807) is 18.2 Å². The number of rotatable bonds is 9. The number of halogens is 2. The van der Waals surface area contributed by atoms with Gasteiger partial charge in [-0.3, -0.25) is 20.0 Å². The summed E-state index contributed by atoms with van der Waals surface area (Å²) in [5.41, 5.74) is 1.04. The number of carbonyl (C=O) groups is 3. The average Bonchev–Trinajstić information content (AvgIpc) is 2.96. The summed E-state index contributed by atoms with van der Waals surface area (Å²) in [4.78, 5) is 43.2. The molecule has 0 aliphatic heterocycles. The molecule has 9 nitrogen and oxygen atoms in total. The molecule has 0 radical (unpaired) electrons. The number of ether oxygens (including phenoxy) is 2. The second kappa shape index (κ2) is 13.3. The summed E-state index contributed by atoms with van der Waals surface area (Å²) in [5.74, 6) is -1.02. The van der Waals surface area contributed by atoms with E-state index in [9.17, 15) is 18.8 Å². The zero-order valence-electron chi connectivity index (χ0n) is 20.6. The van der Waals surface area contributed by atoms with Crippen molar-refractivity contribution in [2.75, 3.05) is 28.7 Å². The van der Waals surface area contributed by atoms with Gasteiger partial charge in [0.05, 0.1) is 17.6 Å². The molecule has 1 unspecified atom stereocenters. The van der Waals surface area contributed by atoms with Gasteiger partial charge in [0.25, 0.3) is 5.91 Å². The Balaban J connectivity index is 1.39. The lowest BCUT2D eigenvalue weighted by Crippen LogP contribution is -2.44. The quantitative estimate of drug-likeness (QED) is 0.189. The van der Waals surface area contributed by atoms with Gasteiger partial charge in [-0.15, -0.1) is 0 Å². The third-order valence-electron chi connectivity index (χ3n) is 5.51. The summed E-state index contributed by atoms with van der Waals surface area (Å²) < 4.78 is 24.3. The standard InChI is InChI=1S/C28H24BrFN4O5/c29-18-25(33-26(35)24-9-3-4-15-31-24)39-28(37)34(21-13-11-20(30)12-14-21)16-17-38-27(36)32-23-10-5-7-19-6-1-2-8-22(19)23/h1-15,25H,16-18H2,(H,32,36)(H,33,35). The number of carbonyl (C=O) groups excluding carboxylic acids is 3. The zero-order chi connectivity index (χ0) is 27.6. The van der Waals surface area contributed by atoms with Crippen LogP contribution in [0.1, 0.15) is 10.5 Å². The minimum Gasteiger partial charge on any atom is -0.447 e. The van der Waals surface area contributed by atoms with Crippen LogP contribution in [0.4, 0.5) is 25.4 Å². The smallest absolute Gasteiger partial charge is 0.416 e. The second-order valence-corrected chi connectivity index (χ2v) is 8.78. The van der Waals surface area contributed by atoms with Gasteiger partial charge in [-0.05, 0) is 47.9 Å². The summed E-state index contributed by atoms with van der Waals surface area (Å²) in [7, 11) is 0. The first-order valence-corrected chi connectivity index (χ1v) is 13.0. The Hall–Kier alpha value is -4.51. The highest BCUT2D eigenvalue weighted by atomic mass is 79.9. The summed E-state index contributed by atoms with van der Waals surface area (Å²) in [5, 5.41) is 7.18. The predicted molar refractivity (Wildman–Crippen MR) is 148 cm³/mol. The minimum atomic E-state index is -1.04. The van der Waals surface area contributed by atoms with Crippen LogP contribution >= 0.6 is 15.9 Å². The van der Waals surface area contributed by atoms with Crippen molar-refractivity contribution < 1.29 is 28.2 Å². The molecule has 11 heteroatoms. The fourth-order valence-corrected chi connectivity index (χ4v) is 3.95. The molecule has 0 spiro atoms. The molecule has 200 valence electrons. The molecule has 1 aromatic heterocycles. The van der Waals surface area contributed by atoms with Crippen LogP contribution < -0.4 is 15.5 Å². The maximum atomic E-state index is 13.5. The average molecular weight is 595 g/mol. The van der Waals surface area contributed by atoms with Crippen molar-refractivity contribution in [1.82, 2.24) is 10.3 Å². The molecule has 0 aliphatic rings. The van der Waals surface area contributed by atoms with Gasteiger partial charge in [-0.2, -0.15) is 0 Å². The van der Waals surface area contributed by atoms with Crippen LogP contribution in [-0.2, 0) is 9.47 Å². The number of aromatic nitrogens is 1. The van der Waals surface area contributed by atoms with Gasteiger partial charge in [0.2, 0.25) is 0 Å². The lowest BCUT2D eigenvalue weighted by atomic mass is 10.1. The third-order valence-corrected chi connectivity index (χ3v) is 6.09. The van der Waals surface area contributed by atoms with Crippen molar-refractivity contribution in [2.45, 2.75) is 6.23 Å². The topological polar surface area (TPSA) is 110 Å². The van der Waals surface area contributed by atoms with Gasteiger partial charge < -0.3 is 14.8 Å². The lowest BCUT2D eigenvalue weighted by molar-refractivity contribution is 0.0723. The highest BCUT2D eigenvalue weighted by Crippen LogP contribution is 2.23. The van der Waals surface area contributed by atoms with Gasteiger partial charge in [0.15, 0.2) is 6.23 Å². The monoisotopic (exact) mass is 594 g/mol. The van der Waals surface area contributed by atoms with E-state index < -0.39 is 30.1 Å². The van der Waals surface area contributed by atoms with Gasteiger partial charge >= 0.3 is 12.2 Å². The number of alkyl halides is 1. The molecule has 0 saturated carbocycles. The van der Waals surface area contributed by atoms with E-state index in [1.807, 2.05) is 36.4 Å². The Morgan fingerprint density at radius 3 is 2.44 bits per heavy atom. The molecule has 1 atom stereocenters. The van der Waals surface area contributed by atoms with Crippen LogP contribution in [-0.4, -0.2) is 47.8 Å². The molecule has 4 aromatic rings. The maximum absolute atomic E-state index is 13.5. The van der Waals surface area contributed by atoms with E-state index in [0.717, 1.165) is 10.8 Å². The van der Waals surface area contributed by atoms with Crippen LogP contribution in [0.5, 0.6) is 0 Å². The molecule has 39 heavy (non-hydrogen) atoms. The molecule has 0 bridgehead atoms. The molecular weight excluding hydrogens is 571 g/mol. The van der Waals surface area contributed by atoms with Crippen LogP contribution in [0.15, 0.2) is 91.1 Å². The molecule has 0 aliphatic carbocycles. The Morgan fingerprint density at radius 2 is 1.69 bits per heavy atom. The lowest BCUT2D eigenvalue weighted by Gasteiger charge is -2.25. The van der Waals surface area contributed by atoms with E-state index in [0.29, 0.717) is 11.4 Å². The number of hydrogen-bond donors (Lipinski definition) is 2. The van der Waals surface area contributed by atoms with Crippen LogP contribution in [0.25, 0.3) is 10.8 Å². The Labute approximate surface area is 232 Å². The predicted octanol–water partition coefficient (Wildman–Crippen LogP) is 5.72. The molecule has 0 saturated heterocycles. The number of anilines is 2. The highest BCUT2D eigenvalue weighted by molar-refractivity contribution is 9.09. The van der Waals surface area contributed by atoms with E-state index in [-0.39, 0.29) is 24.2 Å². The molecular formula is C28H24BrFN4O5. The number of nitrogens with zero attached hydrogens (tertiary/aromatic N) is 2. The van der Waals surface area contributed by atoms with Crippen molar-refractivity contribution >= 4 is 56.2 Å². The highest BCUT2D eigenvalue weighted by Gasteiger charge is 2.24. The second-order valence-electron chi connectivity index (χ2n) is 8.13. The van der Waals surface area contributed by atoms with Gasteiger partial charge in [0, 0.05) is 17.3 Å². The normalized spacial score (nSPS) is 11.3. The molecule has 3 aromatic carbocycles. The van der Waals surface area contributed by atoms with Crippen LogP contribution in [0.3, 0.4) is 0 Å². The van der Waals surface area contributed by atoms with Crippen molar-refractivity contribution in [1.29, 1.82) is 0 Å². The van der Waals surface area contributed by atoms with E-state index in [2.05, 4.69) is 31.5 Å². The third kappa shape index (κ3) is 7.51. The number of nitrogens with one attached hydrogen (secondary N) is 2. The summed E-state index contributed by atoms with van der Waals surface area (Å²) in [6.45, 7) is -0.293. The first kappa shape index (κ1) is 27.5. The Bertz CT molecular complexity index is 1430. The SMILES string of the molecule is O=C(Nc1cccc2ccccc12)OCCN(C(=O)OC(CBr)NC(=O)c1ccccn1)c1ccc(F)cc1. The van der Waals surface area contributed by atoms with Crippen LogP contribution in [0, 0.1) is 5.82 Å². The largest absolute Gasteiger partial charge is 0.447 e. The molecule has 1 heterocycles. The van der Waals surface area contributed by atoms with Gasteiger partial charge in [-0.25, -0.2) is 14.0 Å². The summed E-state index contributed by atoms with van der Waals surface area (Å²) in [6, 6.07) is 23.1. The van der Waals surface area contributed by atoms with Crippen molar-refractivity contribution in [2.24, 2.45) is 0 Å².